The number of hydrogen-bond acceptors (Lipinski definition) is 3. The van der Waals surface area contributed by atoms with Crippen molar-refractivity contribution in [3.8, 4) is 0 Å². The van der Waals surface area contributed by atoms with E-state index in [1.54, 1.807) is 4.90 Å². The number of piperazine rings is 1. The lowest BCUT2D eigenvalue weighted by molar-refractivity contribution is -0.131. The summed E-state index contributed by atoms with van der Waals surface area (Å²) >= 11 is 0. The lowest BCUT2D eigenvalue weighted by Crippen LogP contribution is -2.51. The second-order valence-electron chi connectivity index (χ2n) is 6.22. The maximum atomic E-state index is 12.5. The molecule has 0 aliphatic carbocycles. The molecule has 6 heteroatoms. The fourth-order valence-corrected chi connectivity index (χ4v) is 2.97. The van der Waals surface area contributed by atoms with Crippen molar-refractivity contribution in [1.82, 2.24) is 14.8 Å². The topological polar surface area (TPSA) is 73.5 Å². The Bertz CT molecular complexity index is 815. The third-order valence-electron chi connectivity index (χ3n) is 4.55. The van der Waals surface area contributed by atoms with Gasteiger partial charge in [-0.1, -0.05) is 24.3 Å². The van der Waals surface area contributed by atoms with E-state index in [0.29, 0.717) is 38.2 Å². The van der Waals surface area contributed by atoms with Crippen LogP contribution in [0.1, 0.15) is 21.5 Å². The van der Waals surface area contributed by atoms with E-state index in [-0.39, 0.29) is 17.4 Å². The molecule has 0 radical (unpaired) electrons. The van der Waals surface area contributed by atoms with Crippen LogP contribution in [-0.2, 0) is 11.2 Å². The van der Waals surface area contributed by atoms with Crippen LogP contribution < -0.4 is 5.56 Å². The highest BCUT2D eigenvalue weighted by molar-refractivity contribution is 5.94. The Hall–Kier alpha value is -2.89. The monoisotopic (exact) mass is 339 g/mol. The molecule has 1 aliphatic rings. The van der Waals surface area contributed by atoms with Crippen molar-refractivity contribution in [2.45, 2.75) is 13.3 Å². The van der Waals surface area contributed by atoms with E-state index in [9.17, 15) is 14.4 Å². The number of pyridine rings is 1. The molecule has 130 valence electrons. The first kappa shape index (κ1) is 17.0. The SMILES string of the molecule is Cc1ccccc1CC(=O)N1CCN(C(=O)c2ccc(=O)[nH]c2)CC1. The quantitative estimate of drug-likeness (QED) is 0.913. The van der Waals surface area contributed by atoms with E-state index < -0.39 is 0 Å². The number of carbonyl (C=O) groups excluding carboxylic acids is 2. The van der Waals surface area contributed by atoms with Crippen LogP contribution in [0.4, 0.5) is 0 Å². The summed E-state index contributed by atoms with van der Waals surface area (Å²) in [5.41, 5.74) is 2.38. The van der Waals surface area contributed by atoms with Crippen LogP contribution >= 0.6 is 0 Å². The number of nitrogens with one attached hydrogen (secondary N) is 1. The first-order valence-electron chi connectivity index (χ1n) is 8.35. The minimum absolute atomic E-state index is 0.0884. The molecule has 6 nitrogen and oxygen atoms in total. The van der Waals surface area contributed by atoms with Crippen LogP contribution in [0, 0.1) is 6.92 Å². The number of aryl methyl sites for hydroxylation is 1. The van der Waals surface area contributed by atoms with E-state index in [1.165, 1.54) is 18.3 Å². The lowest BCUT2D eigenvalue weighted by atomic mass is 10.1. The number of carbonyl (C=O) groups is 2. The van der Waals surface area contributed by atoms with Crippen molar-refractivity contribution in [3.05, 3.63) is 69.6 Å². The van der Waals surface area contributed by atoms with Crippen LogP contribution in [0.15, 0.2) is 47.4 Å². The summed E-state index contributed by atoms with van der Waals surface area (Å²) < 4.78 is 0. The van der Waals surface area contributed by atoms with Gasteiger partial charge in [-0.15, -0.1) is 0 Å². The van der Waals surface area contributed by atoms with Crippen molar-refractivity contribution in [2.75, 3.05) is 26.2 Å². The number of benzene rings is 1. The first-order chi connectivity index (χ1) is 12.0. The van der Waals surface area contributed by atoms with Gasteiger partial charge in [-0.05, 0) is 24.1 Å². The summed E-state index contributed by atoms with van der Waals surface area (Å²) in [7, 11) is 0. The Labute approximate surface area is 146 Å². The number of hydrogen-bond donors (Lipinski definition) is 1. The predicted molar refractivity (Wildman–Crippen MR) is 94.4 cm³/mol. The molecule has 0 atom stereocenters. The maximum Gasteiger partial charge on any atom is 0.255 e. The zero-order chi connectivity index (χ0) is 17.8. The molecule has 1 saturated heterocycles. The van der Waals surface area contributed by atoms with Gasteiger partial charge in [-0.25, -0.2) is 0 Å². The van der Waals surface area contributed by atoms with Crippen LogP contribution in [0.2, 0.25) is 0 Å². The van der Waals surface area contributed by atoms with Gasteiger partial charge in [0.05, 0.1) is 12.0 Å². The zero-order valence-corrected chi connectivity index (χ0v) is 14.2. The summed E-state index contributed by atoms with van der Waals surface area (Å²) in [6.45, 7) is 4.05. The van der Waals surface area contributed by atoms with Gasteiger partial charge in [-0.3, -0.25) is 14.4 Å². The molecule has 1 aromatic heterocycles. The molecular weight excluding hydrogens is 318 g/mol. The number of aromatic nitrogens is 1. The van der Waals surface area contributed by atoms with Gasteiger partial charge in [0.1, 0.15) is 0 Å². The van der Waals surface area contributed by atoms with Crippen LogP contribution in [0.5, 0.6) is 0 Å². The standard InChI is InChI=1S/C19H21N3O3/c1-14-4-2-3-5-15(14)12-18(24)21-8-10-22(11-9-21)19(25)16-6-7-17(23)20-13-16/h2-7,13H,8-12H2,1H3,(H,20,23). The van der Waals surface area contributed by atoms with E-state index in [0.717, 1.165) is 11.1 Å². The van der Waals surface area contributed by atoms with E-state index >= 15 is 0 Å². The first-order valence-corrected chi connectivity index (χ1v) is 8.35. The second kappa shape index (κ2) is 7.34. The highest BCUT2D eigenvalue weighted by Gasteiger charge is 2.25. The summed E-state index contributed by atoms with van der Waals surface area (Å²) in [6.07, 6.45) is 1.82. The Balaban J connectivity index is 1.57. The molecule has 0 spiro atoms. The molecule has 3 rings (SSSR count). The number of amides is 2. The smallest absolute Gasteiger partial charge is 0.255 e. The van der Waals surface area contributed by atoms with Gasteiger partial charge in [-0.2, -0.15) is 0 Å². The average molecular weight is 339 g/mol. The van der Waals surface area contributed by atoms with Gasteiger partial charge in [0.2, 0.25) is 11.5 Å². The Morgan fingerprint density at radius 2 is 1.68 bits per heavy atom. The molecule has 2 heterocycles. The van der Waals surface area contributed by atoms with Crippen molar-refractivity contribution < 1.29 is 9.59 Å². The normalized spacial score (nSPS) is 14.4. The molecule has 25 heavy (non-hydrogen) atoms. The fourth-order valence-electron chi connectivity index (χ4n) is 2.97. The molecule has 0 bridgehead atoms. The molecule has 2 aromatic rings. The van der Waals surface area contributed by atoms with Crippen molar-refractivity contribution in [2.24, 2.45) is 0 Å². The minimum Gasteiger partial charge on any atom is -0.339 e. The molecule has 0 unspecified atom stereocenters. The highest BCUT2D eigenvalue weighted by Crippen LogP contribution is 2.12. The molecular formula is C19H21N3O3. The van der Waals surface area contributed by atoms with Crippen molar-refractivity contribution >= 4 is 11.8 Å². The van der Waals surface area contributed by atoms with Gasteiger partial charge < -0.3 is 14.8 Å². The van der Waals surface area contributed by atoms with Crippen molar-refractivity contribution in [3.63, 3.8) is 0 Å². The largest absolute Gasteiger partial charge is 0.339 e. The Morgan fingerprint density at radius 1 is 1.00 bits per heavy atom. The van der Waals surface area contributed by atoms with Crippen LogP contribution in [-0.4, -0.2) is 52.8 Å². The van der Waals surface area contributed by atoms with Crippen molar-refractivity contribution in [1.29, 1.82) is 0 Å². The number of rotatable bonds is 3. The van der Waals surface area contributed by atoms with Gasteiger partial charge in [0.25, 0.3) is 5.91 Å². The number of H-pyrrole nitrogens is 1. The van der Waals surface area contributed by atoms with E-state index in [2.05, 4.69) is 4.98 Å². The van der Waals surface area contributed by atoms with Crippen LogP contribution in [0.25, 0.3) is 0 Å². The fraction of sp³-hybridized carbons (Fsp3) is 0.316. The lowest BCUT2D eigenvalue weighted by Gasteiger charge is -2.35. The zero-order valence-electron chi connectivity index (χ0n) is 14.2. The summed E-state index contributed by atoms with van der Waals surface area (Å²) in [4.78, 5) is 42.0. The predicted octanol–water partition coefficient (Wildman–Crippen LogP) is 1.21. The van der Waals surface area contributed by atoms with E-state index in [1.807, 2.05) is 36.1 Å². The molecule has 1 aromatic carbocycles. The molecule has 2 amide bonds. The number of aromatic amines is 1. The highest BCUT2D eigenvalue weighted by atomic mass is 16.2. The Kier molecular flexibility index (Phi) is 4.97. The average Bonchev–Trinajstić information content (AvgIpc) is 2.64. The third kappa shape index (κ3) is 3.96. The van der Waals surface area contributed by atoms with Gasteiger partial charge >= 0.3 is 0 Å². The van der Waals surface area contributed by atoms with Gasteiger partial charge in [0.15, 0.2) is 0 Å². The molecule has 1 fully saturated rings. The molecule has 1 N–H and O–H groups in total. The molecule has 1 aliphatic heterocycles. The molecule has 0 saturated carbocycles. The summed E-state index contributed by atoms with van der Waals surface area (Å²) in [5.74, 6) is -0.0345. The maximum absolute atomic E-state index is 12.5. The number of nitrogens with zero attached hydrogens (tertiary/aromatic N) is 2. The van der Waals surface area contributed by atoms with Crippen LogP contribution in [0.3, 0.4) is 0 Å². The summed E-state index contributed by atoms with van der Waals surface area (Å²) in [6, 6.07) is 10.7. The van der Waals surface area contributed by atoms with E-state index in [4.69, 9.17) is 0 Å². The third-order valence-corrected chi connectivity index (χ3v) is 4.55. The second-order valence-corrected chi connectivity index (χ2v) is 6.22. The minimum atomic E-state index is -0.233. The van der Waals surface area contributed by atoms with Gasteiger partial charge in [0, 0.05) is 38.4 Å². The Morgan fingerprint density at radius 3 is 2.32 bits per heavy atom. The summed E-state index contributed by atoms with van der Waals surface area (Å²) in [5, 5.41) is 0.